The number of carbonyl (C=O) groups is 1. The van der Waals surface area contributed by atoms with Gasteiger partial charge < -0.3 is 14.5 Å². The number of aryl methyl sites for hydroxylation is 1. The minimum Gasteiger partial charge on any atom is -0.486 e. The number of ether oxygens (including phenoxy) is 1. The molecule has 0 bridgehead atoms. The van der Waals surface area contributed by atoms with Crippen LogP contribution in [0.4, 0.5) is 5.82 Å². The van der Waals surface area contributed by atoms with Crippen molar-refractivity contribution in [2.75, 3.05) is 5.32 Å². The van der Waals surface area contributed by atoms with Gasteiger partial charge in [0.15, 0.2) is 0 Å². The summed E-state index contributed by atoms with van der Waals surface area (Å²) in [6.45, 7) is 2.29. The molecule has 0 radical (unpaired) electrons. The van der Waals surface area contributed by atoms with Crippen LogP contribution in [0.2, 0.25) is 0 Å². The van der Waals surface area contributed by atoms with E-state index in [2.05, 4.69) is 15.3 Å². The number of pyridine rings is 2. The highest BCUT2D eigenvalue weighted by molar-refractivity contribution is 6.05. The lowest BCUT2D eigenvalue weighted by Gasteiger charge is -2.10. The average Bonchev–Trinajstić information content (AvgIpc) is 3.12. The fourth-order valence-corrected chi connectivity index (χ4v) is 2.83. The molecule has 134 valence electrons. The summed E-state index contributed by atoms with van der Waals surface area (Å²) in [7, 11) is 0. The molecule has 27 heavy (non-hydrogen) atoms. The lowest BCUT2D eigenvalue weighted by atomic mass is 10.2. The number of rotatable bonds is 5. The second-order valence-corrected chi connectivity index (χ2v) is 6.11. The number of hydrogen-bond acceptors (Lipinski definition) is 4. The minimum absolute atomic E-state index is 0.268. The topological polar surface area (TPSA) is 68.5 Å². The van der Waals surface area contributed by atoms with Gasteiger partial charge in [0.25, 0.3) is 5.91 Å². The van der Waals surface area contributed by atoms with Crippen LogP contribution < -0.4 is 10.1 Å². The Kier molecular flexibility index (Phi) is 4.53. The molecule has 4 aromatic rings. The number of amides is 1. The zero-order chi connectivity index (χ0) is 18.6. The number of hydrogen-bond donors (Lipinski definition) is 1. The number of carbonyl (C=O) groups excluding carboxylic acids is 1. The van der Waals surface area contributed by atoms with Crippen LogP contribution in [0.15, 0.2) is 73.2 Å². The van der Waals surface area contributed by atoms with E-state index in [4.69, 9.17) is 4.74 Å². The van der Waals surface area contributed by atoms with Crippen molar-refractivity contribution in [2.45, 2.75) is 13.5 Å². The Balaban J connectivity index is 1.52. The van der Waals surface area contributed by atoms with Crippen molar-refractivity contribution in [3.8, 4) is 5.75 Å². The van der Waals surface area contributed by atoms with Gasteiger partial charge >= 0.3 is 0 Å². The standard InChI is InChI=1S/C21H18N4O2/c1-15-7-6-12-25-13-16(23-20(15)25)14-27-18-9-3-2-8-17(18)21(26)24-19-10-4-5-11-22-19/h2-13H,14H2,1H3,(H,22,24,26). The Bertz CT molecular complexity index is 1090. The number of nitrogens with zero attached hydrogens (tertiary/aromatic N) is 3. The molecule has 1 aromatic carbocycles. The molecule has 4 rings (SSSR count). The molecule has 0 unspecified atom stereocenters. The van der Waals surface area contributed by atoms with E-state index in [-0.39, 0.29) is 12.5 Å². The SMILES string of the molecule is Cc1cccn2cc(COc3ccccc3C(=O)Nc3ccccn3)nc12. The maximum Gasteiger partial charge on any atom is 0.260 e. The van der Waals surface area contributed by atoms with Crippen molar-refractivity contribution >= 4 is 17.4 Å². The molecule has 0 spiro atoms. The first kappa shape index (κ1) is 16.8. The van der Waals surface area contributed by atoms with Crippen molar-refractivity contribution in [3.63, 3.8) is 0 Å². The third kappa shape index (κ3) is 3.64. The predicted octanol–water partition coefficient (Wildman–Crippen LogP) is 3.87. The summed E-state index contributed by atoms with van der Waals surface area (Å²) in [4.78, 5) is 21.3. The van der Waals surface area contributed by atoms with Gasteiger partial charge in [-0.05, 0) is 42.8 Å². The number of anilines is 1. The molecule has 3 heterocycles. The van der Waals surface area contributed by atoms with E-state index in [1.165, 1.54) is 0 Å². The summed E-state index contributed by atoms with van der Waals surface area (Å²) in [5, 5.41) is 2.78. The molecule has 1 amide bonds. The molecule has 0 saturated carbocycles. The average molecular weight is 358 g/mol. The van der Waals surface area contributed by atoms with Crippen LogP contribution in [0.1, 0.15) is 21.6 Å². The fourth-order valence-electron chi connectivity index (χ4n) is 2.83. The Morgan fingerprint density at radius 3 is 2.78 bits per heavy atom. The number of fused-ring (bicyclic) bond motifs is 1. The van der Waals surface area contributed by atoms with E-state index in [1.807, 2.05) is 48.0 Å². The molecule has 6 nitrogen and oxygen atoms in total. The first-order valence-corrected chi connectivity index (χ1v) is 8.58. The second-order valence-electron chi connectivity index (χ2n) is 6.11. The molecule has 0 saturated heterocycles. The molecule has 0 aliphatic carbocycles. The molecule has 0 atom stereocenters. The predicted molar refractivity (Wildman–Crippen MR) is 103 cm³/mol. The van der Waals surface area contributed by atoms with Crippen molar-refractivity contribution < 1.29 is 9.53 Å². The van der Waals surface area contributed by atoms with E-state index in [9.17, 15) is 4.79 Å². The summed E-state index contributed by atoms with van der Waals surface area (Å²) in [5.74, 6) is 0.725. The number of benzene rings is 1. The van der Waals surface area contributed by atoms with Crippen LogP contribution in [0.5, 0.6) is 5.75 Å². The second kappa shape index (κ2) is 7.29. The Morgan fingerprint density at radius 1 is 1.11 bits per heavy atom. The first-order valence-electron chi connectivity index (χ1n) is 8.58. The normalized spacial score (nSPS) is 10.7. The van der Waals surface area contributed by atoms with Crippen molar-refractivity contribution in [1.82, 2.24) is 14.4 Å². The minimum atomic E-state index is -0.268. The van der Waals surface area contributed by atoms with Crippen molar-refractivity contribution in [1.29, 1.82) is 0 Å². The Labute approximate surface area is 156 Å². The molecule has 1 N–H and O–H groups in total. The maximum absolute atomic E-state index is 12.6. The molecule has 6 heteroatoms. The fraction of sp³-hybridized carbons (Fsp3) is 0.0952. The zero-order valence-corrected chi connectivity index (χ0v) is 14.8. The summed E-state index contributed by atoms with van der Waals surface area (Å²) in [6, 6.07) is 16.5. The Hall–Kier alpha value is -3.67. The maximum atomic E-state index is 12.6. The molecular weight excluding hydrogens is 340 g/mol. The summed E-state index contributed by atoms with van der Waals surface area (Å²) < 4.78 is 7.86. The van der Waals surface area contributed by atoms with Gasteiger partial charge in [0.2, 0.25) is 0 Å². The van der Waals surface area contributed by atoms with Gasteiger partial charge in [0, 0.05) is 18.6 Å². The molecule has 0 fully saturated rings. The van der Waals surface area contributed by atoms with Crippen LogP contribution in [0.25, 0.3) is 5.65 Å². The lowest BCUT2D eigenvalue weighted by molar-refractivity contribution is 0.102. The van der Waals surface area contributed by atoms with Gasteiger partial charge in [-0.3, -0.25) is 4.79 Å². The van der Waals surface area contributed by atoms with Crippen molar-refractivity contribution in [2.24, 2.45) is 0 Å². The zero-order valence-electron chi connectivity index (χ0n) is 14.8. The van der Waals surface area contributed by atoms with Crippen LogP contribution in [-0.4, -0.2) is 20.3 Å². The highest BCUT2D eigenvalue weighted by atomic mass is 16.5. The van der Waals surface area contributed by atoms with Gasteiger partial charge in [-0.25, -0.2) is 9.97 Å². The third-order valence-corrected chi connectivity index (χ3v) is 4.14. The van der Waals surface area contributed by atoms with Gasteiger partial charge in [0.1, 0.15) is 23.8 Å². The lowest BCUT2D eigenvalue weighted by Crippen LogP contribution is -2.14. The van der Waals surface area contributed by atoms with Crippen molar-refractivity contribution in [3.05, 3.63) is 90.0 Å². The van der Waals surface area contributed by atoms with Gasteiger partial charge in [-0.15, -0.1) is 0 Å². The summed E-state index contributed by atoms with van der Waals surface area (Å²) in [5.41, 5.74) is 3.24. The Morgan fingerprint density at radius 2 is 1.96 bits per heavy atom. The smallest absolute Gasteiger partial charge is 0.260 e. The monoisotopic (exact) mass is 358 g/mol. The molecule has 0 aliphatic rings. The van der Waals surface area contributed by atoms with E-state index in [0.29, 0.717) is 17.1 Å². The first-order chi connectivity index (χ1) is 13.2. The molecular formula is C21H18N4O2. The highest BCUT2D eigenvalue weighted by Crippen LogP contribution is 2.21. The highest BCUT2D eigenvalue weighted by Gasteiger charge is 2.13. The molecule has 0 aliphatic heterocycles. The van der Waals surface area contributed by atoms with Gasteiger partial charge in [-0.1, -0.05) is 24.3 Å². The van der Waals surface area contributed by atoms with Crippen LogP contribution in [0.3, 0.4) is 0 Å². The van der Waals surface area contributed by atoms with E-state index in [1.54, 1.807) is 36.5 Å². The van der Waals surface area contributed by atoms with Gasteiger partial charge in [-0.2, -0.15) is 0 Å². The summed E-state index contributed by atoms with van der Waals surface area (Å²) in [6.07, 6.45) is 5.51. The van der Waals surface area contributed by atoms with E-state index >= 15 is 0 Å². The van der Waals surface area contributed by atoms with E-state index < -0.39 is 0 Å². The quantitative estimate of drug-likeness (QED) is 0.588. The van der Waals surface area contributed by atoms with Crippen LogP contribution in [-0.2, 0) is 6.61 Å². The third-order valence-electron chi connectivity index (χ3n) is 4.14. The molecule has 3 aromatic heterocycles. The van der Waals surface area contributed by atoms with Crippen LogP contribution in [0, 0.1) is 6.92 Å². The largest absolute Gasteiger partial charge is 0.486 e. The van der Waals surface area contributed by atoms with E-state index in [0.717, 1.165) is 16.9 Å². The number of imidazole rings is 1. The number of para-hydroxylation sites is 1. The van der Waals surface area contributed by atoms with Gasteiger partial charge in [0.05, 0.1) is 11.3 Å². The van der Waals surface area contributed by atoms with Crippen LogP contribution >= 0.6 is 0 Å². The number of aromatic nitrogens is 3. The summed E-state index contributed by atoms with van der Waals surface area (Å²) >= 11 is 0. The number of nitrogens with one attached hydrogen (secondary N) is 1.